The van der Waals surface area contributed by atoms with Crippen LogP contribution in [0, 0.1) is 20.8 Å². The van der Waals surface area contributed by atoms with Gasteiger partial charge in [-0.25, -0.2) is 4.68 Å². The smallest absolute Gasteiger partial charge is 0.274 e. The van der Waals surface area contributed by atoms with E-state index in [4.69, 9.17) is 0 Å². The third-order valence-electron chi connectivity index (χ3n) is 4.56. The molecule has 0 saturated heterocycles. The van der Waals surface area contributed by atoms with E-state index in [1.54, 1.807) is 28.9 Å². The van der Waals surface area contributed by atoms with Crippen LogP contribution in [0.4, 0.5) is 0 Å². The van der Waals surface area contributed by atoms with Gasteiger partial charge in [0.25, 0.3) is 5.91 Å². The van der Waals surface area contributed by atoms with Crippen LogP contribution in [-0.2, 0) is 19.8 Å². The average molecular weight is 434 g/mol. The summed E-state index contributed by atoms with van der Waals surface area (Å²) in [7, 11) is 1.78. The molecule has 0 aliphatic heterocycles. The summed E-state index contributed by atoms with van der Waals surface area (Å²) < 4.78 is 6.44. The molecule has 0 N–H and O–H groups in total. The van der Waals surface area contributed by atoms with Gasteiger partial charge in [0.1, 0.15) is 12.4 Å². The van der Waals surface area contributed by atoms with Gasteiger partial charge in [-0.15, -0.1) is 0 Å². The van der Waals surface area contributed by atoms with Crippen LogP contribution in [-0.4, -0.2) is 47.2 Å². The van der Waals surface area contributed by atoms with Crippen LogP contribution >= 0.6 is 15.9 Å². The lowest BCUT2D eigenvalue weighted by Gasteiger charge is -2.15. The topological polar surface area (TPSA) is 73.8 Å². The van der Waals surface area contributed by atoms with E-state index in [1.807, 2.05) is 43.3 Å². The molecule has 3 rings (SSSR count). The van der Waals surface area contributed by atoms with E-state index >= 15 is 0 Å². The molecule has 0 spiro atoms. The zero-order chi connectivity index (χ0) is 19.7. The van der Waals surface area contributed by atoms with E-state index in [1.165, 1.54) is 0 Å². The standard InChI is InChI=1S/C18H24BrN7O/c1-6-24-10-15(12(2)20-24)9-23(5)18(27)16-7-8-25(22-16)11-26-14(4)17(19)13(3)21-26/h7-8,10H,6,9,11H2,1-5H3. The maximum atomic E-state index is 12.7. The maximum absolute atomic E-state index is 12.7. The number of nitrogens with zero attached hydrogens (tertiary/aromatic N) is 7. The average Bonchev–Trinajstić information content (AvgIpc) is 3.31. The Labute approximate surface area is 166 Å². The van der Waals surface area contributed by atoms with Crippen molar-refractivity contribution in [1.82, 2.24) is 34.2 Å². The number of rotatable bonds is 6. The third-order valence-corrected chi connectivity index (χ3v) is 5.71. The Bertz CT molecular complexity index is 969. The van der Waals surface area contributed by atoms with Crippen LogP contribution in [0.1, 0.15) is 40.1 Å². The third kappa shape index (κ3) is 3.97. The second kappa shape index (κ2) is 7.67. The highest BCUT2D eigenvalue weighted by Gasteiger charge is 2.17. The fourth-order valence-electron chi connectivity index (χ4n) is 2.90. The number of halogens is 1. The number of aromatic nitrogens is 6. The van der Waals surface area contributed by atoms with Gasteiger partial charge >= 0.3 is 0 Å². The summed E-state index contributed by atoms with van der Waals surface area (Å²) >= 11 is 3.52. The maximum Gasteiger partial charge on any atom is 0.274 e. The van der Waals surface area contributed by atoms with Gasteiger partial charge in [-0.2, -0.15) is 15.3 Å². The molecule has 0 fully saturated rings. The summed E-state index contributed by atoms with van der Waals surface area (Å²) in [5.41, 5.74) is 4.35. The SMILES string of the molecule is CCn1cc(CN(C)C(=O)c2ccn(Cn3nc(C)c(Br)c3C)n2)c(C)n1. The van der Waals surface area contributed by atoms with Gasteiger partial charge in [0.05, 0.1) is 21.6 Å². The lowest BCUT2D eigenvalue weighted by atomic mass is 10.2. The fraction of sp³-hybridized carbons (Fsp3) is 0.444. The van der Waals surface area contributed by atoms with Gasteiger partial charge in [-0.3, -0.25) is 14.2 Å². The fourth-order valence-corrected chi connectivity index (χ4v) is 3.19. The molecule has 0 atom stereocenters. The molecule has 0 bridgehead atoms. The van der Waals surface area contributed by atoms with Crippen LogP contribution < -0.4 is 0 Å². The lowest BCUT2D eigenvalue weighted by Crippen LogP contribution is -2.27. The van der Waals surface area contributed by atoms with Crippen LogP contribution in [0.15, 0.2) is 22.9 Å². The summed E-state index contributed by atoms with van der Waals surface area (Å²) in [6, 6.07) is 1.74. The minimum atomic E-state index is -0.119. The minimum absolute atomic E-state index is 0.119. The first-order valence-corrected chi connectivity index (χ1v) is 9.60. The largest absolute Gasteiger partial charge is 0.336 e. The first-order chi connectivity index (χ1) is 12.8. The number of hydrogen-bond donors (Lipinski definition) is 0. The predicted octanol–water partition coefficient (Wildman–Crippen LogP) is 2.76. The number of amides is 1. The quantitative estimate of drug-likeness (QED) is 0.598. The molecular weight excluding hydrogens is 410 g/mol. The number of carbonyl (C=O) groups excluding carboxylic acids is 1. The summed E-state index contributed by atoms with van der Waals surface area (Å²) in [5.74, 6) is -0.119. The molecule has 3 aromatic heterocycles. The Hall–Kier alpha value is -2.42. The molecule has 3 aromatic rings. The van der Waals surface area contributed by atoms with Crippen LogP contribution in [0.25, 0.3) is 0 Å². The molecule has 9 heteroatoms. The van der Waals surface area contributed by atoms with Crippen molar-refractivity contribution in [2.45, 2.75) is 47.5 Å². The highest BCUT2D eigenvalue weighted by Crippen LogP contribution is 2.19. The van der Waals surface area contributed by atoms with Gasteiger partial charge in [-0.1, -0.05) is 0 Å². The molecule has 0 unspecified atom stereocenters. The molecule has 27 heavy (non-hydrogen) atoms. The van der Waals surface area contributed by atoms with Crippen molar-refractivity contribution >= 4 is 21.8 Å². The first-order valence-electron chi connectivity index (χ1n) is 8.81. The first kappa shape index (κ1) is 19.3. The zero-order valence-electron chi connectivity index (χ0n) is 16.3. The lowest BCUT2D eigenvalue weighted by molar-refractivity contribution is 0.0778. The van der Waals surface area contributed by atoms with Crippen molar-refractivity contribution in [2.24, 2.45) is 0 Å². The Morgan fingerprint density at radius 1 is 1.15 bits per heavy atom. The summed E-state index contributed by atoms with van der Waals surface area (Å²) in [6.07, 6.45) is 3.78. The predicted molar refractivity (Wildman–Crippen MR) is 105 cm³/mol. The van der Waals surface area contributed by atoms with Crippen molar-refractivity contribution in [2.75, 3.05) is 7.05 Å². The van der Waals surface area contributed by atoms with E-state index in [0.717, 1.165) is 33.7 Å². The highest BCUT2D eigenvalue weighted by molar-refractivity contribution is 9.10. The summed E-state index contributed by atoms with van der Waals surface area (Å²) in [4.78, 5) is 14.4. The van der Waals surface area contributed by atoms with Crippen LogP contribution in [0.3, 0.4) is 0 Å². The molecule has 3 heterocycles. The van der Waals surface area contributed by atoms with E-state index in [0.29, 0.717) is 18.9 Å². The number of aryl methyl sites for hydroxylation is 3. The number of carbonyl (C=O) groups is 1. The molecule has 0 radical (unpaired) electrons. The molecule has 144 valence electrons. The van der Waals surface area contributed by atoms with E-state index in [2.05, 4.69) is 31.2 Å². The van der Waals surface area contributed by atoms with Gasteiger partial charge in [0, 0.05) is 38.1 Å². The van der Waals surface area contributed by atoms with Crippen molar-refractivity contribution < 1.29 is 4.79 Å². The molecule has 0 saturated carbocycles. The Kier molecular flexibility index (Phi) is 5.50. The van der Waals surface area contributed by atoms with Gasteiger partial charge in [0.15, 0.2) is 0 Å². The van der Waals surface area contributed by atoms with Gasteiger partial charge < -0.3 is 4.90 Å². The second-order valence-electron chi connectivity index (χ2n) is 6.62. The van der Waals surface area contributed by atoms with E-state index < -0.39 is 0 Å². The molecular formula is C18H24BrN7O. The number of hydrogen-bond acceptors (Lipinski definition) is 4. The summed E-state index contributed by atoms with van der Waals surface area (Å²) in [6.45, 7) is 9.71. The molecule has 0 aliphatic carbocycles. The highest BCUT2D eigenvalue weighted by atomic mass is 79.9. The van der Waals surface area contributed by atoms with Crippen LogP contribution in [0.5, 0.6) is 0 Å². The van der Waals surface area contributed by atoms with Crippen LogP contribution in [0.2, 0.25) is 0 Å². The van der Waals surface area contributed by atoms with Crippen molar-refractivity contribution in [1.29, 1.82) is 0 Å². The Morgan fingerprint density at radius 2 is 1.89 bits per heavy atom. The Balaban J connectivity index is 1.70. The van der Waals surface area contributed by atoms with Crippen molar-refractivity contribution in [3.63, 3.8) is 0 Å². The van der Waals surface area contributed by atoms with Crippen molar-refractivity contribution in [3.8, 4) is 0 Å². The van der Waals surface area contributed by atoms with Crippen molar-refractivity contribution in [3.05, 3.63) is 51.3 Å². The normalized spacial score (nSPS) is 11.2. The minimum Gasteiger partial charge on any atom is -0.336 e. The zero-order valence-corrected chi connectivity index (χ0v) is 17.9. The van der Waals surface area contributed by atoms with Gasteiger partial charge in [0.2, 0.25) is 0 Å². The van der Waals surface area contributed by atoms with Gasteiger partial charge in [-0.05, 0) is 49.7 Å². The van der Waals surface area contributed by atoms with E-state index in [9.17, 15) is 4.79 Å². The monoisotopic (exact) mass is 433 g/mol. The second-order valence-corrected chi connectivity index (χ2v) is 7.42. The molecule has 0 aromatic carbocycles. The van der Waals surface area contributed by atoms with E-state index in [-0.39, 0.29) is 5.91 Å². The molecule has 1 amide bonds. The molecule has 0 aliphatic rings. The summed E-state index contributed by atoms with van der Waals surface area (Å²) in [5, 5.41) is 13.3. The molecule has 8 nitrogen and oxygen atoms in total. The Morgan fingerprint density at radius 3 is 2.48 bits per heavy atom.